The largest absolute Gasteiger partial charge is 0.506 e. The summed E-state index contributed by atoms with van der Waals surface area (Å²) in [7, 11) is 1.34. The van der Waals surface area contributed by atoms with Crippen molar-refractivity contribution in [3.63, 3.8) is 0 Å². The molecule has 80 valence electrons. The number of hydrogen-bond donors (Lipinski definition) is 1. The van der Waals surface area contributed by atoms with Gasteiger partial charge in [0.15, 0.2) is 0 Å². The van der Waals surface area contributed by atoms with Gasteiger partial charge in [-0.25, -0.2) is 0 Å². The Bertz CT molecular complexity index is 393. The number of phenolic OH excluding ortho intramolecular Hbond substituents is 1. The van der Waals surface area contributed by atoms with E-state index in [9.17, 15) is 14.7 Å². The number of aromatic hydroxyl groups is 1. The Kier molecular flexibility index (Phi) is 3.55. The van der Waals surface area contributed by atoms with Crippen LogP contribution < -0.4 is 4.74 Å². The van der Waals surface area contributed by atoms with Gasteiger partial charge in [-0.1, -0.05) is 0 Å². The van der Waals surface area contributed by atoms with Crippen LogP contribution in [-0.2, 0) is 0 Å². The second-order valence-electron chi connectivity index (χ2n) is 2.62. The minimum absolute atomic E-state index is 0.209. The molecule has 0 atom stereocenters. The second-order valence-corrected chi connectivity index (χ2v) is 3.31. The van der Waals surface area contributed by atoms with Crippen LogP contribution in [0.25, 0.3) is 0 Å². The first kappa shape index (κ1) is 11.8. The summed E-state index contributed by atoms with van der Waals surface area (Å²) in [5.41, 5.74) is -0.444. The molecular formula is C9H6Cl2O4. The van der Waals surface area contributed by atoms with Crippen molar-refractivity contribution in [3.8, 4) is 11.5 Å². The van der Waals surface area contributed by atoms with Crippen LogP contribution in [-0.4, -0.2) is 22.7 Å². The normalized spacial score (nSPS) is 9.80. The fraction of sp³-hybridized carbons (Fsp3) is 0.111. The first-order valence-electron chi connectivity index (χ1n) is 3.78. The molecule has 0 heterocycles. The fourth-order valence-electron chi connectivity index (χ4n) is 1.03. The first-order valence-corrected chi connectivity index (χ1v) is 4.53. The minimum Gasteiger partial charge on any atom is -0.506 e. The quantitative estimate of drug-likeness (QED) is 0.833. The first-order chi connectivity index (χ1) is 6.97. The third-order valence-corrected chi connectivity index (χ3v) is 2.15. The monoisotopic (exact) mass is 248 g/mol. The number of benzene rings is 1. The summed E-state index contributed by atoms with van der Waals surface area (Å²) in [6.07, 6.45) is 0. The number of carbonyl (C=O) groups excluding carboxylic acids is 2. The van der Waals surface area contributed by atoms with E-state index in [1.165, 1.54) is 19.2 Å². The van der Waals surface area contributed by atoms with E-state index in [0.29, 0.717) is 0 Å². The van der Waals surface area contributed by atoms with Gasteiger partial charge in [-0.3, -0.25) is 9.59 Å². The van der Waals surface area contributed by atoms with Crippen molar-refractivity contribution in [2.24, 2.45) is 0 Å². The third-order valence-electron chi connectivity index (χ3n) is 1.74. The SMILES string of the molecule is COc1cc(C(=O)Cl)c(O)c(C(=O)Cl)c1. The highest BCUT2D eigenvalue weighted by Crippen LogP contribution is 2.30. The Morgan fingerprint density at radius 3 is 1.87 bits per heavy atom. The predicted octanol–water partition coefficient (Wildman–Crippen LogP) is 2.16. The summed E-state index contributed by atoms with van der Waals surface area (Å²) >= 11 is 10.4. The van der Waals surface area contributed by atoms with E-state index in [1.807, 2.05) is 0 Å². The van der Waals surface area contributed by atoms with Crippen molar-refractivity contribution in [2.75, 3.05) is 7.11 Å². The van der Waals surface area contributed by atoms with Crippen molar-refractivity contribution >= 4 is 33.7 Å². The maximum atomic E-state index is 10.9. The molecule has 0 aromatic heterocycles. The summed E-state index contributed by atoms with van der Waals surface area (Å²) in [6, 6.07) is 2.43. The summed E-state index contributed by atoms with van der Waals surface area (Å²) in [4.78, 5) is 21.8. The number of rotatable bonds is 3. The molecule has 1 rings (SSSR count). The molecule has 0 aliphatic carbocycles. The molecule has 0 aliphatic heterocycles. The Hall–Kier alpha value is -1.26. The number of ether oxygens (including phenoxy) is 1. The van der Waals surface area contributed by atoms with Gasteiger partial charge in [0.05, 0.1) is 18.2 Å². The standard InChI is InChI=1S/C9H6Cl2O4/c1-15-4-2-5(8(10)13)7(12)6(3-4)9(11)14/h2-3,12H,1H3. The Balaban J connectivity index is 3.47. The smallest absolute Gasteiger partial charge is 0.256 e. The Morgan fingerprint density at radius 2 is 1.60 bits per heavy atom. The van der Waals surface area contributed by atoms with Crippen molar-refractivity contribution in [1.82, 2.24) is 0 Å². The lowest BCUT2D eigenvalue weighted by Crippen LogP contribution is -1.98. The molecule has 1 aromatic carbocycles. The van der Waals surface area contributed by atoms with Crippen molar-refractivity contribution in [1.29, 1.82) is 0 Å². The molecule has 6 heteroatoms. The van der Waals surface area contributed by atoms with Gasteiger partial charge in [-0.2, -0.15) is 0 Å². The van der Waals surface area contributed by atoms with E-state index in [1.54, 1.807) is 0 Å². The lowest BCUT2D eigenvalue weighted by molar-refractivity contribution is 0.107. The molecule has 4 nitrogen and oxygen atoms in total. The third kappa shape index (κ3) is 2.40. The molecule has 1 aromatic rings. The van der Waals surface area contributed by atoms with Crippen molar-refractivity contribution in [2.45, 2.75) is 0 Å². The lowest BCUT2D eigenvalue weighted by Gasteiger charge is -2.07. The molecule has 0 aliphatic rings. The minimum atomic E-state index is -0.898. The molecule has 15 heavy (non-hydrogen) atoms. The van der Waals surface area contributed by atoms with Gasteiger partial charge in [0.25, 0.3) is 10.5 Å². The van der Waals surface area contributed by atoms with E-state index >= 15 is 0 Å². The zero-order valence-electron chi connectivity index (χ0n) is 7.58. The van der Waals surface area contributed by atoms with E-state index in [0.717, 1.165) is 0 Å². The van der Waals surface area contributed by atoms with Crippen LogP contribution in [0.3, 0.4) is 0 Å². The molecule has 0 saturated carbocycles. The van der Waals surface area contributed by atoms with E-state index in [2.05, 4.69) is 0 Å². The van der Waals surface area contributed by atoms with Crippen LogP contribution >= 0.6 is 23.2 Å². The maximum Gasteiger partial charge on any atom is 0.256 e. The molecule has 0 amide bonds. The van der Waals surface area contributed by atoms with E-state index in [-0.39, 0.29) is 16.9 Å². The zero-order chi connectivity index (χ0) is 11.6. The summed E-state index contributed by atoms with van der Waals surface area (Å²) in [5, 5.41) is 7.69. The topological polar surface area (TPSA) is 63.6 Å². The van der Waals surface area contributed by atoms with Crippen molar-refractivity contribution in [3.05, 3.63) is 23.3 Å². The maximum absolute atomic E-state index is 10.9. The van der Waals surface area contributed by atoms with Crippen LogP contribution in [0.15, 0.2) is 12.1 Å². The van der Waals surface area contributed by atoms with Gasteiger partial charge >= 0.3 is 0 Å². The number of phenols is 1. The van der Waals surface area contributed by atoms with Gasteiger partial charge in [-0.15, -0.1) is 0 Å². The van der Waals surface area contributed by atoms with Gasteiger partial charge in [0.1, 0.15) is 11.5 Å². The average molecular weight is 249 g/mol. The van der Waals surface area contributed by atoms with Crippen LogP contribution in [0.5, 0.6) is 11.5 Å². The molecule has 0 unspecified atom stereocenters. The van der Waals surface area contributed by atoms with Crippen LogP contribution in [0, 0.1) is 0 Å². The molecule has 0 fully saturated rings. The number of carbonyl (C=O) groups is 2. The Labute approximate surface area is 95.4 Å². The van der Waals surface area contributed by atoms with E-state index in [4.69, 9.17) is 27.9 Å². The number of halogens is 2. The van der Waals surface area contributed by atoms with Gasteiger partial charge in [-0.05, 0) is 35.3 Å². The molecule has 0 saturated heterocycles. The number of hydrogen-bond acceptors (Lipinski definition) is 4. The van der Waals surface area contributed by atoms with Gasteiger partial charge < -0.3 is 9.84 Å². The molecule has 1 N–H and O–H groups in total. The van der Waals surface area contributed by atoms with Crippen LogP contribution in [0.1, 0.15) is 20.7 Å². The van der Waals surface area contributed by atoms with Crippen LogP contribution in [0.2, 0.25) is 0 Å². The van der Waals surface area contributed by atoms with E-state index < -0.39 is 16.2 Å². The summed E-state index contributed by atoms with van der Waals surface area (Å²) < 4.78 is 4.82. The van der Waals surface area contributed by atoms with Crippen molar-refractivity contribution < 1.29 is 19.4 Å². The molecular weight excluding hydrogens is 243 g/mol. The predicted molar refractivity (Wildman–Crippen MR) is 55.0 cm³/mol. The molecule has 0 spiro atoms. The van der Waals surface area contributed by atoms with Crippen LogP contribution in [0.4, 0.5) is 0 Å². The van der Waals surface area contributed by atoms with Gasteiger partial charge in [0.2, 0.25) is 0 Å². The Morgan fingerprint density at radius 1 is 1.20 bits per heavy atom. The fourth-order valence-corrected chi connectivity index (χ4v) is 1.31. The highest BCUT2D eigenvalue weighted by molar-refractivity contribution is 6.69. The molecule has 0 bridgehead atoms. The molecule has 0 radical (unpaired) electrons. The highest BCUT2D eigenvalue weighted by atomic mass is 35.5. The average Bonchev–Trinajstić information content (AvgIpc) is 2.17. The number of methoxy groups -OCH3 is 1. The highest BCUT2D eigenvalue weighted by Gasteiger charge is 2.18. The zero-order valence-corrected chi connectivity index (χ0v) is 9.09. The van der Waals surface area contributed by atoms with Gasteiger partial charge in [0, 0.05) is 0 Å². The lowest BCUT2D eigenvalue weighted by atomic mass is 10.1. The summed E-state index contributed by atoms with van der Waals surface area (Å²) in [5.74, 6) is -0.336. The second kappa shape index (κ2) is 4.51. The summed E-state index contributed by atoms with van der Waals surface area (Å²) in [6.45, 7) is 0.